The van der Waals surface area contributed by atoms with Crippen molar-refractivity contribution in [1.29, 1.82) is 0 Å². The summed E-state index contributed by atoms with van der Waals surface area (Å²) in [4.78, 5) is 20.0. The van der Waals surface area contributed by atoms with Crippen LogP contribution in [0.1, 0.15) is 80.0 Å². The van der Waals surface area contributed by atoms with E-state index < -0.39 is 9.84 Å². The molecule has 0 saturated carbocycles. The van der Waals surface area contributed by atoms with Gasteiger partial charge in [0.1, 0.15) is 12.1 Å². The summed E-state index contributed by atoms with van der Waals surface area (Å²) in [7, 11) is -3.68. The molecule has 8 rings (SSSR count). The number of aromatic nitrogens is 6. The van der Waals surface area contributed by atoms with Crippen LogP contribution in [0.25, 0.3) is 32.1 Å². The van der Waals surface area contributed by atoms with Crippen molar-refractivity contribution in [1.82, 2.24) is 30.1 Å². The molecule has 1 aliphatic carbocycles. The normalized spacial score (nSPS) is 21.7. The molecule has 0 spiro atoms. The summed E-state index contributed by atoms with van der Waals surface area (Å²) in [6.45, 7) is 6.61. The van der Waals surface area contributed by atoms with Crippen molar-refractivity contribution in [2.45, 2.75) is 82.3 Å². The number of hydrogen-bond donors (Lipinski definition) is 1. The average Bonchev–Trinajstić information content (AvgIpc) is 3.87. The average molecular weight is 658 g/mol. The van der Waals surface area contributed by atoms with Crippen LogP contribution < -0.4 is 5.32 Å². The first-order chi connectivity index (χ1) is 22.3. The molecule has 3 atom stereocenters. The quantitative estimate of drug-likeness (QED) is 0.202. The van der Waals surface area contributed by atoms with Crippen LogP contribution in [0.5, 0.6) is 0 Å². The van der Waals surface area contributed by atoms with Gasteiger partial charge in [-0.1, -0.05) is 19.9 Å². The van der Waals surface area contributed by atoms with Gasteiger partial charge in [-0.15, -0.1) is 21.5 Å². The standard InChI is InChI=1S/C33H35N7O4S2/c1-17(2)21-15-46(41,42)31-28(27(33-40-39-18(3)44-33)24(37-29(21)31)9-8-19-6-5-13-43-19)26-14-25-30(45-26)32(36-16-35-25)38-23-11-10-22-20(23)7-4-12-34-22/h4,7,12,14,16-17,19,21,23H,5-6,8-11,13,15H2,1-3H3,(H,35,36,38)/t19?,21?,23-/m0/s1. The number of rotatable bonds is 8. The van der Waals surface area contributed by atoms with E-state index in [0.29, 0.717) is 35.0 Å². The maximum absolute atomic E-state index is 14.1. The fraction of sp³-hybridized carbons (Fsp3) is 0.455. The molecule has 2 unspecified atom stereocenters. The topological polar surface area (TPSA) is 146 Å². The third kappa shape index (κ3) is 5.08. The van der Waals surface area contributed by atoms with Crippen LogP contribution in [0.2, 0.25) is 0 Å². The molecule has 1 saturated heterocycles. The van der Waals surface area contributed by atoms with Gasteiger partial charge >= 0.3 is 0 Å². The highest BCUT2D eigenvalue weighted by molar-refractivity contribution is 7.92. The number of fused-ring (bicyclic) bond motifs is 3. The predicted octanol–water partition coefficient (Wildman–Crippen LogP) is 6.24. The molecule has 0 amide bonds. The smallest absolute Gasteiger partial charge is 0.250 e. The highest BCUT2D eigenvalue weighted by Crippen LogP contribution is 2.51. The van der Waals surface area contributed by atoms with Gasteiger partial charge in [-0.25, -0.2) is 18.4 Å². The Labute approximate surface area is 271 Å². The van der Waals surface area contributed by atoms with Crippen LogP contribution >= 0.6 is 11.3 Å². The second kappa shape index (κ2) is 11.5. The molecule has 238 valence electrons. The van der Waals surface area contributed by atoms with Gasteiger partial charge in [0, 0.05) is 41.8 Å². The number of aryl methyl sites for hydroxylation is 3. The lowest BCUT2D eigenvalue weighted by atomic mass is 9.90. The Morgan fingerprint density at radius 3 is 2.80 bits per heavy atom. The minimum atomic E-state index is -3.68. The first-order valence-corrected chi connectivity index (χ1v) is 18.4. The summed E-state index contributed by atoms with van der Waals surface area (Å²) in [5.74, 6) is 1.27. The van der Waals surface area contributed by atoms with E-state index in [1.165, 1.54) is 16.9 Å². The largest absolute Gasteiger partial charge is 0.421 e. The lowest BCUT2D eigenvalue weighted by molar-refractivity contribution is 0.104. The zero-order chi connectivity index (χ0) is 31.6. The SMILES string of the molecule is Cc1nnc(-c2c(CCC3CCCO3)nc3c(c2-c2cc4ncnc(N[C@H]5CCc6ncccc65)c4s2)S(=O)(=O)CC3C(C)C)o1. The zero-order valence-electron chi connectivity index (χ0n) is 26.0. The summed E-state index contributed by atoms with van der Waals surface area (Å²) in [5.41, 5.74) is 5.55. The Kier molecular flexibility index (Phi) is 7.37. The molecule has 5 aromatic heterocycles. The third-order valence-electron chi connectivity index (χ3n) is 9.43. The maximum atomic E-state index is 14.1. The van der Waals surface area contributed by atoms with Crippen molar-refractivity contribution in [3.05, 3.63) is 59.3 Å². The Hall–Kier alpha value is -3.81. The van der Waals surface area contributed by atoms with Crippen LogP contribution in [0.3, 0.4) is 0 Å². The van der Waals surface area contributed by atoms with Gasteiger partial charge in [0.2, 0.25) is 11.8 Å². The van der Waals surface area contributed by atoms with Crippen molar-refractivity contribution >= 4 is 37.2 Å². The molecule has 7 heterocycles. The Bertz CT molecular complexity index is 2070. The third-order valence-corrected chi connectivity index (χ3v) is 12.4. The number of sulfone groups is 1. The molecule has 0 radical (unpaired) electrons. The number of hydrogen-bond acceptors (Lipinski definition) is 12. The summed E-state index contributed by atoms with van der Waals surface area (Å²) in [6.07, 6.45) is 8.75. The van der Waals surface area contributed by atoms with Crippen LogP contribution in [0.4, 0.5) is 5.82 Å². The minimum absolute atomic E-state index is 0.0180. The Balaban J connectivity index is 1.32. The van der Waals surface area contributed by atoms with Gasteiger partial charge in [-0.2, -0.15) is 0 Å². The first-order valence-electron chi connectivity index (χ1n) is 15.9. The molecule has 2 aliphatic heterocycles. The van der Waals surface area contributed by atoms with Crippen LogP contribution in [0, 0.1) is 12.8 Å². The first kappa shape index (κ1) is 29.6. The van der Waals surface area contributed by atoms with Crippen LogP contribution in [0.15, 0.2) is 40.0 Å². The molecular weight excluding hydrogens is 623 g/mol. The van der Waals surface area contributed by atoms with E-state index in [-0.39, 0.29) is 40.5 Å². The van der Waals surface area contributed by atoms with E-state index >= 15 is 0 Å². The number of pyridine rings is 2. The summed E-state index contributed by atoms with van der Waals surface area (Å²) in [5, 5.41) is 12.2. The summed E-state index contributed by atoms with van der Waals surface area (Å²) >= 11 is 1.48. The lowest BCUT2D eigenvalue weighted by Crippen LogP contribution is -2.12. The Morgan fingerprint density at radius 1 is 1.13 bits per heavy atom. The number of thiophene rings is 1. The van der Waals surface area contributed by atoms with Crippen molar-refractivity contribution < 1.29 is 17.6 Å². The molecule has 3 aliphatic rings. The zero-order valence-corrected chi connectivity index (χ0v) is 27.6. The van der Waals surface area contributed by atoms with E-state index in [9.17, 15) is 8.42 Å². The van der Waals surface area contributed by atoms with Gasteiger partial charge in [0.15, 0.2) is 9.84 Å². The highest BCUT2D eigenvalue weighted by Gasteiger charge is 2.43. The van der Waals surface area contributed by atoms with E-state index in [1.54, 1.807) is 13.3 Å². The second-order valence-corrected chi connectivity index (χ2v) is 15.8. The molecule has 0 aromatic carbocycles. The second-order valence-electron chi connectivity index (χ2n) is 12.8. The van der Waals surface area contributed by atoms with Crippen LogP contribution in [-0.4, -0.2) is 57.0 Å². The van der Waals surface area contributed by atoms with Gasteiger partial charge < -0.3 is 14.5 Å². The Morgan fingerprint density at radius 2 is 2.02 bits per heavy atom. The fourth-order valence-corrected chi connectivity index (χ4v) is 10.5. The number of nitrogens with one attached hydrogen (secondary N) is 1. The number of ether oxygens (including phenoxy) is 1. The summed E-state index contributed by atoms with van der Waals surface area (Å²) in [6, 6.07) is 6.11. The molecule has 11 nitrogen and oxygen atoms in total. The van der Waals surface area contributed by atoms with Gasteiger partial charge in [0.05, 0.1) is 50.0 Å². The van der Waals surface area contributed by atoms with Crippen molar-refractivity contribution in [2.24, 2.45) is 5.92 Å². The van der Waals surface area contributed by atoms with E-state index in [1.807, 2.05) is 18.3 Å². The molecule has 5 aromatic rings. The predicted molar refractivity (Wildman–Crippen MR) is 175 cm³/mol. The van der Waals surface area contributed by atoms with E-state index in [4.69, 9.17) is 14.1 Å². The maximum Gasteiger partial charge on any atom is 0.250 e. The van der Waals surface area contributed by atoms with E-state index in [2.05, 4.69) is 50.4 Å². The number of nitrogens with zero attached hydrogens (tertiary/aromatic N) is 6. The minimum Gasteiger partial charge on any atom is -0.421 e. The monoisotopic (exact) mass is 657 g/mol. The van der Waals surface area contributed by atoms with E-state index in [0.717, 1.165) is 65.2 Å². The van der Waals surface area contributed by atoms with Gasteiger partial charge in [-0.05, 0) is 62.1 Å². The fourth-order valence-electron chi connectivity index (χ4n) is 7.13. The van der Waals surface area contributed by atoms with Crippen LogP contribution in [-0.2, 0) is 27.4 Å². The van der Waals surface area contributed by atoms with Gasteiger partial charge in [0.25, 0.3) is 0 Å². The highest BCUT2D eigenvalue weighted by atomic mass is 32.2. The van der Waals surface area contributed by atoms with Crippen molar-refractivity contribution in [3.8, 4) is 21.9 Å². The van der Waals surface area contributed by atoms with Crippen molar-refractivity contribution in [3.63, 3.8) is 0 Å². The molecule has 1 fully saturated rings. The molecule has 1 N–H and O–H groups in total. The molecule has 46 heavy (non-hydrogen) atoms. The molecule has 0 bridgehead atoms. The molecular formula is C33H35N7O4S2. The molecule has 13 heteroatoms. The van der Waals surface area contributed by atoms with Gasteiger partial charge in [-0.3, -0.25) is 9.97 Å². The lowest BCUT2D eigenvalue weighted by Gasteiger charge is -2.19. The van der Waals surface area contributed by atoms with Crippen molar-refractivity contribution in [2.75, 3.05) is 17.7 Å². The number of anilines is 1. The summed E-state index contributed by atoms with van der Waals surface area (Å²) < 4.78 is 41.0.